The van der Waals surface area contributed by atoms with Gasteiger partial charge in [0.05, 0.1) is 25.3 Å². The topological polar surface area (TPSA) is 62.3 Å². The van der Waals surface area contributed by atoms with Gasteiger partial charge in [0.2, 0.25) is 5.95 Å². The van der Waals surface area contributed by atoms with Crippen LogP contribution in [0, 0.1) is 11.8 Å². The number of ether oxygens (including phenoxy) is 2. The van der Waals surface area contributed by atoms with Crippen LogP contribution in [-0.2, 0) is 6.54 Å². The predicted molar refractivity (Wildman–Crippen MR) is 74.5 cm³/mol. The van der Waals surface area contributed by atoms with Crippen LogP contribution in [0.4, 0.5) is 5.95 Å². The third-order valence-corrected chi connectivity index (χ3v) is 3.98. The van der Waals surface area contributed by atoms with Gasteiger partial charge in [-0.1, -0.05) is 6.92 Å². The van der Waals surface area contributed by atoms with Crippen LogP contribution in [-0.4, -0.2) is 23.8 Å². The van der Waals surface area contributed by atoms with Crippen molar-refractivity contribution in [1.82, 2.24) is 9.55 Å². The molecule has 5 nitrogen and oxygen atoms in total. The zero-order valence-electron chi connectivity index (χ0n) is 11.5. The molecule has 0 amide bonds. The fourth-order valence-electron chi connectivity index (χ4n) is 2.55. The highest BCUT2D eigenvalue weighted by Crippen LogP contribution is 2.41. The lowest BCUT2D eigenvalue weighted by Crippen LogP contribution is -2.05. The van der Waals surface area contributed by atoms with E-state index in [4.69, 9.17) is 15.2 Å². The van der Waals surface area contributed by atoms with Crippen LogP contribution in [0.1, 0.15) is 13.3 Å². The minimum Gasteiger partial charge on any atom is -0.493 e. The fourth-order valence-corrected chi connectivity index (χ4v) is 2.55. The molecule has 0 saturated heterocycles. The molecule has 0 bridgehead atoms. The van der Waals surface area contributed by atoms with E-state index >= 15 is 0 Å². The van der Waals surface area contributed by atoms with Crippen LogP contribution in [0.15, 0.2) is 12.1 Å². The van der Waals surface area contributed by atoms with Crippen molar-refractivity contribution in [3.63, 3.8) is 0 Å². The number of rotatable bonds is 4. The normalized spacial score (nSPS) is 21.6. The SMILES string of the molecule is COc1cc2nc(N)n(CC3CC3C)c2cc1OC. The van der Waals surface area contributed by atoms with Gasteiger partial charge in [-0.25, -0.2) is 4.98 Å². The minimum absolute atomic E-state index is 0.560. The van der Waals surface area contributed by atoms with Gasteiger partial charge in [0.25, 0.3) is 0 Å². The fraction of sp³-hybridized carbons (Fsp3) is 0.500. The van der Waals surface area contributed by atoms with Crippen LogP contribution in [0.3, 0.4) is 0 Å². The van der Waals surface area contributed by atoms with Crippen LogP contribution >= 0.6 is 0 Å². The van der Waals surface area contributed by atoms with Crippen molar-refractivity contribution in [2.24, 2.45) is 11.8 Å². The molecule has 5 heteroatoms. The highest BCUT2D eigenvalue weighted by molar-refractivity contribution is 5.82. The maximum atomic E-state index is 6.03. The van der Waals surface area contributed by atoms with E-state index in [1.807, 2.05) is 12.1 Å². The Labute approximate surface area is 112 Å². The maximum absolute atomic E-state index is 6.03. The highest BCUT2D eigenvalue weighted by atomic mass is 16.5. The molecule has 0 spiro atoms. The molecular formula is C14H19N3O2. The number of aromatic nitrogens is 2. The van der Waals surface area contributed by atoms with Gasteiger partial charge in [-0.2, -0.15) is 0 Å². The first-order valence-corrected chi connectivity index (χ1v) is 6.51. The summed E-state index contributed by atoms with van der Waals surface area (Å²) in [6.45, 7) is 3.20. The first-order chi connectivity index (χ1) is 9.13. The van der Waals surface area contributed by atoms with Crippen molar-refractivity contribution in [2.75, 3.05) is 20.0 Å². The standard InChI is InChI=1S/C14H19N3O2/c1-8-4-9(8)7-17-11-6-13(19-3)12(18-2)5-10(11)16-14(17)15/h5-6,8-9H,4,7H2,1-3H3,(H2,15,16). The van der Waals surface area contributed by atoms with Crippen molar-refractivity contribution >= 4 is 17.0 Å². The second-order valence-corrected chi connectivity index (χ2v) is 5.25. The minimum atomic E-state index is 0.560. The maximum Gasteiger partial charge on any atom is 0.201 e. The average molecular weight is 261 g/mol. The van der Waals surface area contributed by atoms with E-state index in [1.54, 1.807) is 14.2 Å². The van der Waals surface area contributed by atoms with E-state index in [0.717, 1.165) is 23.5 Å². The van der Waals surface area contributed by atoms with Crippen molar-refractivity contribution in [3.8, 4) is 11.5 Å². The summed E-state index contributed by atoms with van der Waals surface area (Å²) >= 11 is 0. The Hall–Kier alpha value is -1.91. The second kappa shape index (κ2) is 4.33. The summed E-state index contributed by atoms with van der Waals surface area (Å²) in [6, 6.07) is 3.82. The number of nitrogens with two attached hydrogens (primary N) is 1. The molecule has 1 aromatic carbocycles. The quantitative estimate of drug-likeness (QED) is 0.917. The zero-order valence-corrected chi connectivity index (χ0v) is 11.5. The monoisotopic (exact) mass is 261 g/mol. The van der Waals surface area contributed by atoms with E-state index in [-0.39, 0.29) is 0 Å². The molecule has 2 unspecified atom stereocenters. The summed E-state index contributed by atoms with van der Waals surface area (Å²) in [5.74, 6) is 3.45. The molecule has 1 aliphatic carbocycles. The first-order valence-electron chi connectivity index (χ1n) is 6.51. The Morgan fingerprint density at radius 1 is 1.32 bits per heavy atom. The molecule has 102 valence electrons. The Balaban J connectivity index is 2.08. The van der Waals surface area contributed by atoms with E-state index in [0.29, 0.717) is 23.4 Å². The van der Waals surface area contributed by atoms with E-state index < -0.39 is 0 Å². The molecule has 0 aliphatic heterocycles. The van der Waals surface area contributed by atoms with E-state index in [1.165, 1.54) is 6.42 Å². The second-order valence-electron chi connectivity index (χ2n) is 5.25. The summed E-state index contributed by atoms with van der Waals surface area (Å²) in [4.78, 5) is 4.41. The Bertz CT molecular complexity index is 621. The summed E-state index contributed by atoms with van der Waals surface area (Å²) in [7, 11) is 3.26. The van der Waals surface area contributed by atoms with Crippen LogP contribution < -0.4 is 15.2 Å². The first kappa shape index (κ1) is 12.1. The van der Waals surface area contributed by atoms with Crippen molar-refractivity contribution in [1.29, 1.82) is 0 Å². The van der Waals surface area contributed by atoms with E-state index in [9.17, 15) is 0 Å². The van der Waals surface area contributed by atoms with Gasteiger partial charge < -0.3 is 19.8 Å². The van der Waals surface area contributed by atoms with Crippen molar-refractivity contribution < 1.29 is 9.47 Å². The number of imidazole rings is 1. The number of anilines is 1. The molecule has 1 saturated carbocycles. The number of benzene rings is 1. The Morgan fingerprint density at radius 3 is 2.53 bits per heavy atom. The Morgan fingerprint density at radius 2 is 1.95 bits per heavy atom. The highest BCUT2D eigenvalue weighted by Gasteiger charge is 2.33. The Kier molecular flexibility index (Phi) is 2.77. The summed E-state index contributed by atoms with van der Waals surface area (Å²) in [5, 5.41) is 0. The lowest BCUT2D eigenvalue weighted by Gasteiger charge is -2.09. The third-order valence-electron chi connectivity index (χ3n) is 3.98. The van der Waals surface area contributed by atoms with Gasteiger partial charge in [0.1, 0.15) is 0 Å². The molecule has 2 aromatic rings. The molecule has 1 heterocycles. The largest absolute Gasteiger partial charge is 0.493 e. The predicted octanol–water partition coefficient (Wildman–Crippen LogP) is 2.29. The number of methoxy groups -OCH3 is 2. The molecular weight excluding hydrogens is 242 g/mol. The molecule has 0 radical (unpaired) electrons. The number of nitrogen functional groups attached to an aromatic ring is 1. The molecule has 1 aliphatic rings. The molecule has 1 fully saturated rings. The third kappa shape index (κ3) is 1.99. The van der Waals surface area contributed by atoms with Gasteiger partial charge in [0.15, 0.2) is 11.5 Å². The molecule has 1 aromatic heterocycles. The molecule has 3 rings (SSSR count). The molecule has 2 atom stereocenters. The average Bonchev–Trinajstić information content (AvgIpc) is 3.02. The van der Waals surface area contributed by atoms with Crippen LogP contribution in [0.5, 0.6) is 11.5 Å². The van der Waals surface area contributed by atoms with Gasteiger partial charge in [0, 0.05) is 18.7 Å². The summed E-state index contributed by atoms with van der Waals surface area (Å²) < 4.78 is 12.7. The smallest absolute Gasteiger partial charge is 0.201 e. The van der Waals surface area contributed by atoms with Crippen molar-refractivity contribution in [2.45, 2.75) is 19.9 Å². The van der Waals surface area contributed by atoms with Crippen molar-refractivity contribution in [3.05, 3.63) is 12.1 Å². The number of hydrogen-bond donors (Lipinski definition) is 1. The lowest BCUT2D eigenvalue weighted by atomic mass is 10.2. The lowest BCUT2D eigenvalue weighted by molar-refractivity contribution is 0.355. The zero-order chi connectivity index (χ0) is 13.6. The van der Waals surface area contributed by atoms with Crippen LogP contribution in [0.25, 0.3) is 11.0 Å². The summed E-state index contributed by atoms with van der Waals surface area (Å²) in [6.07, 6.45) is 1.27. The molecule has 2 N–H and O–H groups in total. The number of fused-ring (bicyclic) bond motifs is 1. The van der Waals surface area contributed by atoms with Gasteiger partial charge >= 0.3 is 0 Å². The van der Waals surface area contributed by atoms with Gasteiger partial charge in [-0.05, 0) is 18.3 Å². The van der Waals surface area contributed by atoms with E-state index in [2.05, 4.69) is 16.5 Å². The number of hydrogen-bond acceptors (Lipinski definition) is 4. The van der Waals surface area contributed by atoms with Gasteiger partial charge in [-0.15, -0.1) is 0 Å². The summed E-state index contributed by atoms with van der Waals surface area (Å²) in [5.41, 5.74) is 7.89. The van der Waals surface area contributed by atoms with Crippen LogP contribution in [0.2, 0.25) is 0 Å². The van der Waals surface area contributed by atoms with Gasteiger partial charge in [-0.3, -0.25) is 0 Å². The molecule has 19 heavy (non-hydrogen) atoms. The number of nitrogens with zero attached hydrogens (tertiary/aromatic N) is 2.